The highest BCUT2D eigenvalue weighted by Gasteiger charge is 2.31. The number of pyridine rings is 1. The highest BCUT2D eigenvalue weighted by atomic mass is 16.6. The normalized spacial score (nSPS) is 22.0. The molecule has 1 fully saturated rings. The van der Waals surface area contributed by atoms with E-state index in [0.717, 1.165) is 25.5 Å². The fourth-order valence-electron chi connectivity index (χ4n) is 2.88. The monoisotopic (exact) mass is 292 g/mol. The van der Waals surface area contributed by atoms with E-state index in [1.165, 1.54) is 6.07 Å². The number of likely N-dealkylation sites (tertiary alicyclic amines) is 1. The molecule has 0 aromatic carbocycles. The van der Waals surface area contributed by atoms with Crippen LogP contribution in [-0.2, 0) is 0 Å². The summed E-state index contributed by atoms with van der Waals surface area (Å²) < 4.78 is 0. The summed E-state index contributed by atoms with van der Waals surface area (Å²) in [7, 11) is 1.65. The molecule has 1 N–H and O–H groups in total. The van der Waals surface area contributed by atoms with Crippen molar-refractivity contribution >= 4 is 17.4 Å². The molecule has 2 rings (SSSR count). The first-order chi connectivity index (χ1) is 9.95. The highest BCUT2D eigenvalue weighted by molar-refractivity contribution is 5.99. The highest BCUT2D eigenvalue weighted by Crippen LogP contribution is 2.27. The Balaban J connectivity index is 2.41. The molecular weight excluding hydrogens is 272 g/mol. The number of nitrogens with one attached hydrogen (secondary N) is 1. The van der Waals surface area contributed by atoms with Crippen molar-refractivity contribution in [1.82, 2.24) is 9.88 Å². The van der Waals surface area contributed by atoms with E-state index in [1.807, 2.05) is 18.7 Å². The lowest BCUT2D eigenvalue weighted by Crippen LogP contribution is -2.47. The third-order valence-electron chi connectivity index (χ3n) is 3.98. The summed E-state index contributed by atoms with van der Waals surface area (Å²) in [5.74, 6) is 0.172. The molecule has 0 saturated carbocycles. The molecular formula is C14H20N4O3. The molecule has 1 amide bonds. The van der Waals surface area contributed by atoms with Gasteiger partial charge in [0.1, 0.15) is 12.0 Å². The van der Waals surface area contributed by atoms with Crippen LogP contribution in [0.4, 0.5) is 11.5 Å². The molecule has 21 heavy (non-hydrogen) atoms. The van der Waals surface area contributed by atoms with Crippen LogP contribution in [-0.4, -0.2) is 39.8 Å². The molecule has 0 aliphatic carbocycles. The van der Waals surface area contributed by atoms with E-state index in [0.29, 0.717) is 5.82 Å². The largest absolute Gasteiger partial charge is 0.372 e. The summed E-state index contributed by atoms with van der Waals surface area (Å²) in [6.45, 7) is 4.02. The standard InChI is InChI=1S/C14H20N4O3/c1-9-5-4-6-10(2)17(9)14(19)12-7-11(18(20)21)8-16-13(12)15-3/h7-10H,4-6H2,1-3H3,(H,15,16)/t9-,10+. The number of hydrogen-bond acceptors (Lipinski definition) is 5. The van der Waals surface area contributed by atoms with Crippen molar-refractivity contribution in [1.29, 1.82) is 0 Å². The minimum atomic E-state index is -0.535. The fraction of sp³-hybridized carbons (Fsp3) is 0.571. The van der Waals surface area contributed by atoms with Crippen molar-refractivity contribution in [2.45, 2.75) is 45.2 Å². The fourth-order valence-corrected chi connectivity index (χ4v) is 2.88. The van der Waals surface area contributed by atoms with Gasteiger partial charge in [-0.2, -0.15) is 0 Å². The molecule has 2 atom stereocenters. The number of anilines is 1. The molecule has 7 nitrogen and oxygen atoms in total. The SMILES string of the molecule is CNc1ncc([N+](=O)[O-])cc1C(=O)N1[C@H](C)CCC[C@@H]1C. The Morgan fingerprint density at radius 3 is 2.57 bits per heavy atom. The minimum absolute atomic E-state index is 0.130. The lowest BCUT2D eigenvalue weighted by Gasteiger charge is -2.39. The molecule has 2 heterocycles. The summed E-state index contributed by atoms with van der Waals surface area (Å²) in [5.41, 5.74) is 0.0852. The zero-order chi connectivity index (χ0) is 15.6. The predicted octanol–water partition coefficient (Wildman–Crippen LogP) is 2.43. The molecule has 0 spiro atoms. The summed E-state index contributed by atoms with van der Waals surface area (Å²) >= 11 is 0. The third-order valence-corrected chi connectivity index (χ3v) is 3.98. The van der Waals surface area contributed by atoms with E-state index in [-0.39, 0.29) is 29.2 Å². The quantitative estimate of drug-likeness (QED) is 0.682. The van der Waals surface area contributed by atoms with E-state index in [4.69, 9.17) is 0 Å². The van der Waals surface area contributed by atoms with Crippen molar-refractivity contribution < 1.29 is 9.72 Å². The molecule has 1 saturated heterocycles. The molecule has 0 bridgehead atoms. The van der Waals surface area contributed by atoms with E-state index in [2.05, 4.69) is 10.3 Å². The molecule has 1 aromatic rings. The van der Waals surface area contributed by atoms with Crippen LogP contribution in [0.3, 0.4) is 0 Å². The lowest BCUT2D eigenvalue weighted by molar-refractivity contribution is -0.385. The second-order valence-corrected chi connectivity index (χ2v) is 5.44. The van der Waals surface area contributed by atoms with Crippen LogP contribution in [0.1, 0.15) is 43.5 Å². The number of hydrogen-bond donors (Lipinski definition) is 1. The Labute approximate surface area is 123 Å². The Bertz CT molecular complexity index is 551. The maximum absolute atomic E-state index is 12.8. The second kappa shape index (κ2) is 6.07. The van der Waals surface area contributed by atoms with Crippen LogP contribution in [0.15, 0.2) is 12.3 Å². The van der Waals surface area contributed by atoms with Gasteiger partial charge in [0.25, 0.3) is 11.6 Å². The molecule has 1 aliphatic rings. The van der Waals surface area contributed by atoms with Crippen molar-refractivity contribution in [3.8, 4) is 0 Å². The zero-order valence-electron chi connectivity index (χ0n) is 12.5. The average Bonchev–Trinajstić information content (AvgIpc) is 2.46. The number of carbonyl (C=O) groups is 1. The Morgan fingerprint density at radius 1 is 1.43 bits per heavy atom. The first kappa shape index (κ1) is 15.2. The van der Waals surface area contributed by atoms with Crippen LogP contribution in [0, 0.1) is 10.1 Å². The molecule has 114 valence electrons. The number of aromatic nitrogens is 1. The van der Waals surface area contributed by atoms with Gasteiger partial charge in [-0.15, -0.1) is 0 Å². The van der Waals surface area contributed by atoms with Gasteiger partial charge in [-0.3, -0.25) is 14.9 Å². The van der Waals surface area contributed by atoms with E-state index in [1.54, 1.807) is 7.05 Å². The number of nitrogens with zero attached hydrogens (tertiary/aromatic N) is 3. The zero-order valence-corrected chi connectivity index (χ0v) is 12.5. The van der Waals surface area contributed by atoms with Crippen molar-refractivity contribution in [2.24, 2.45) is 0 Å². The van der Waals surface area contributed by atoms with Gasteiger partial charge < -0.3 is 10.2 Å². The number of nitro groups is 1. The van der Waals surface area contributed by atoms with Crippen molar-refractivity contribution in [2.75, 3.05) is 12.4 Å². The number of carbonyl (C=O) groups excluding carboxylic acids is 1. The van der Waals surface area contributed by atoms with Crippen molar-refractivity contribution in [3.63, 3.8) is 0 Å². The van der Waals surface area contributed by atoms with Crippen LogP contribution in [0.25, 0.3) is 0 Å². The van der Waals surface area contributed by atoms with E-state index < -0.39 is 4.92 Å². The Kier molecular flexibility index (Phi) is 4.40. The first-order valence-corrected chi connectivity index (χ1v) is 7.10. The Hall–Kier alpha value is -2.18. The van der Waals surface area contributed by atoms with Gasteiger partial charge in [0, 0.05) is 25.2 Å². The second-order valence-electron chi connectivity index (χ2n) is 5.44. The predicted molar refractivity (Wildman–Crippen MR) is 79.4 cm³/mol. The van der Waals surface area contributed by atoms with Gasteiger partial charge in [0.15, 0.2) is 0 Å². The average molecular weight is 292 g/mol. The minimum Gasteiger partial charge on any atom is -0.372 e. The first-order valence-electron chi connectivity index (χ1n) is 7.10. The number of piperidine rings is 1. The summed E-state index contributed by atoms with van der Waals surface area (Å²) in [5, 5.41) is 13.7. The van der Waals surface area contributed by atoms with Gasteiger partial charge in [0.2, 0.25) is 0 Å². The molecule has 0 unspecified atom stereocenters. The van der Waals surface area contributed by atoms with Gasteiger partial charge >= 0.3 is 0 Å². The van der Waals surface area contributed by atoms with Gasteiger partial charge in [0.05, 0.1) is 10.5 Å². The Morgan fingerprint density at radius 2 is 2.05 bits per heavy atom. The summed E-state index contributed by atoms with van der Waals surface area (Å²) in [6.07, 6.45) is 4.16. The maximum atomic E-state index is 12.8. The maximum Gasteiger partial charge on any atom is 0.288 e. The van der Waals surface area contributed by atoms with Crippen molar-refractivity contribution in [3.05, 3.63) is 27.9 Å². The van der Waals surface area contributed by atoms with Crippen LogP contribution in [0.2, 0.25) is 0 Å². The van der Waals surface area contributed by atoms with Gasteiger partial charge in [-0.25, -0.2) is 4.98 Å². The number of rotatable bonds is 3. The lowest BCUT2D eigenvalue weighted by atomic mass is 9.96. The van der Waals surface area contributed by atoms with Gasteiger partial charge in [-0.1, -0.05) is 0 Å². The van der Waals surface area contributed by atoms with E-state index in [9.17, 15) is 14.9 Å². The molecule has 1 aliphatic heterocycles. The summed E-state index contributed by atoms with van der Waals surface area (Å²) in [4.78, 5) is 29.0. The molecule has 0 radical (unpaired) electrons. The molecule has 7 heteroatoms. The third kappa shape index (κ3) is 2.96. The van der Waals surface area contributed by atoms with E-state index >= 15 is 0 Å². The van der Waals surface area contributed by atoms with Crippen LogP contribution >= 0.6 is 0 Å². The van der Waals surface area contributed by atoms with Crippen LogP contribution in [0.5, 0.6) is 0 Å². The topological polar surface area (TPSA) is 88.4 Å². The smallest absolute Gasteiger partial charge is 0.288 e. The van der Waals surface area contributed by atoms with Gasteiger partial charge in [-0.05, 0) is 33.1 Å². The summed E-state index contributed by atoms with van der Waals surface area (Å²) in [6, 6.07) is 1.56. The number of amides is 1. The molecule has 1 aromatic heterocycles. The van der Waals surface area contributed by atoms with Crippen LogP contribution < -0.4 is 5.32 Å².